The molecule has 1 aliphatic carbocycles. The molecule has 0 saturated heterocycles. The van der Waals surface area contributed by atoms with Crippen molar-refractivity contribution in [3.63, 3.8) is 0 Å². The number of carbonyl (C=O) groups excluding carboxylic acids is 1. The fraction of sp³-hybridized carbons (Fsp3) is 0.353. The topological polar surface area (TPSA) is 64.0 Å². The molecule has 3 rings (SSSR count). The number of hydrogen-bond donors (Lipinski definition) is 1. The number of thioether (sulfide) groups is 1. The van der Waals surface area contributed by atoms with Crippen molar-refractivity contribution in [3.8, 4) is 11.3 Å². The average Bonchev–Trinajstić information content (AvgIpc) is 3.40. The van der Waals surface area contributed by atoms with Crippen LogP contribution in [0.1, 0.15) is 23.2 Å². The van der Waals surface area contributed by atoms with Crippen LogP contribution in [0.3, 0.4) is 0 Å². The Balaban J connectivity index is 2.07. The van der Waals surface area contributed by atoms with Gasteiger partial charge in [-0.3, -0.25) is 9.59 Å². The summed E-state index contributed by atoms with van der Waals surface area (Å²) in [6, 6.07) is 9.54. The Kier molecular flexibility index (Phi) is 4.52. The summed E-state index contributed by atoms with van der Waals surface area (Å²) in [6.45, 7) is 0.583. The minimum atomic E-state index is -0.371. The first-order chi connectivity index (χ1) is 11.1. The third kappa shape index (κ3) is 3.47. The number of benzene rings is 1. The molecule has 1 fully saturated rings. The van der Waals surface area contributed by atoms with E-state index in [0.29, 0.717) is 18.2 Å². The van der Waals surface area contributed by atoms with E-state index < -0.39 is 0 Å². The Morgan fingerprint density at radius 3 is 2.61 bits per heavy atom. The van der Waals surface area contributed by atoms with Crippen molar-refractivity contribution in [1.29, 1.82) is 0 Å². The second-order valence-electron chi connectivity index (χ2n) is 5.68. The van der Waals surface area contributed by atoms with Crippen molar-refractivity contribution in [2.75, 3.05) is 13.3 Å². The van der Waals surface area contributed by atoms with Gasteiger partial charge in [-0.1, -0.05) is 12.1 Å². The van der Waals surface area contributed by atoms with E-state index in [0.717, 1.165) is 23.3 Å². The van der Waals surface area contributed by atoms with Gasteiger partial charge in [-0.15, -0.1) is 11.8 Å². The summed E-state index contributed by atoms with van der Waals surface area (Å²) >= 11 is 1.67. The molecular formula is C17H19N3O2S. The summed E-state index contributed by atoms with van der Waals surface area (Å²) in [5.41, 5.74) is 1.38. The number of hydrogen-bond acceptors (Lipinski definition) is 4. The Bertz CT molecular complexity index is 779. The molecule has 1 aliphatic rings. The third-order valence-corrected chi connectivity index (χ3v) is 4.70. The number of aromatic nitrogens is 2. The van der Waals surface area contributed by atoms with Gasteiger partial charge in [0.15, 0.2) is 0 Å². The van der Waals surface area contributed by atoms with Crippen LogP contribution in [0, 0.1) is 5.92 Å². The van der Waals surface area contributed by atoms with Crippen molar-refractivity contribution in [3.05, 3.63) is 46.2 Å². The molecule has 1 aromatic carbocycles. The molecule has 1 heterocycles. The van der Waals surface area contributed by atoms with Crippen molar-refractivity contribution >= 4 is 17.7 Å². The number of nitrogens with zero attached hydrogens (tertiary/aromatic N) is 2. The Morgan fingerprint density at radius 2 is 2.04 bits per heavy atom. The van der Waals surface area contributed by atoms with Gasteiger partial charge in [0.2, 0.25) is 0 Å². The zero-order valence-electron chi connectivity index (χ0n) is 13.2. The molecule has 1 aromatic heterocycles. The highest BCUT2D eigenvalue weighted by atomic mass is 32.2. The van der Waals surface area contributed by atoms with Gasteiger partial charge in [-0.2, -0.15) is 5.10 Å². The van der Waals surface area contributed by atoms with E-state index >= 15 is 0 Å². The number of carbonyl (C=O) groups is 1. The van der Waals surface area contributed by atoms with Crippen LogP contribution in [-0.4, -0.2) is 29.0 Å². The molecule has 6 heteroatoms. The molecule has 1 amide bonds. The van der Waals surface area contributed by atoms with E-state index in [-0.39, 0.29) is 17.0 Å². The first-order valence-electron chi connectivity index (χ1n) is 7.61. The molecule has 0 radical (unpaired) electrons. The lowest BCUT2D eigenvalue weighted by molar-refractivity contribution is 0.0960. The molecule has 0 spiro atoms. The predicted molar refractivity (Wildman–Crippen MR) is 91.8 cm³/mol. The maximum atomic E-state index is 12.5. The summed E-state index contributed by atoms with van der Waals surface area (Å²) in [5.74, 6) is 0.135. The van der Waals surface area contributed by atoms with E-state index in [9.17, 15) is 9.59 Å². The zero-order chi connectivity index (χ0) is 16.4. The molecule has 120 valence electrons. The Labute approximate surface area is 139 Å². The van der Waals surface area contributed by atoms with E-state index in [1.165, 1.54) is 11.7 Å². The van der Waals surface area contributed by atoms with Crippen molar-refractivity contribution in [1.82, 2.24) is 15.1 Å². The van der Waals surface area contributed by atoms with Crippen LogP contribution in [-0.2, 0) is 6.54 Å². The maximum Gasteiger partial charge on any atom is 0.279 e. The number of nitrogens with one attached hydrogen (secondary N) is 1. The van der Waals surface area contributed by atoms with Gasteiger partial charge in [-0.05, 0) is 43.2 Å². The highest BCUT2D eigenvalue weighted by Crippen LogP contribution is 2.30. The van der Waals surface area contributed by atoms with Crippen LogP contribution >= 0.6 is 11.8 Å². The lowest BCUT2D eigenvalue weighted by Crippen LogP contribution is -2.33. The van der Waals surface area contributed by atoms with Gasteiger partial charge in [-0.25, -0.2) is 4.68 Å². The van der Waals surface area contributed by atoms with Crippen LogP contribution in [0.2, 0.25) is 0 Å². The second-order valence-corrected chi connectivity index (χ2v) is 6.56. The molecule has 0 unspecified atom stereocenters. The fourth-order valence-electron chi connectivity index (χ4n) is 2.41. The summed E-state index contributed by atoms with van der Waals surface area (Å²) in [6.07, 6.45) is 4.26. The molecule has 0 atom stereocenters. The largest absolute Gasteiger partial charge is 0.355 e. The lowest BCUT2D eigenvalue weighted by atomic mass is 10.1. The zero-order valence-corrected chi connectivity index (χ0v) is 14.0. The molecule has 5 nitrogen and oxygen atoms in total. The van der Waals surface area contributed by atoms with Crippen LogP contribution in [0.4, 0.5) is 0 Å². The van der Waals surface area contributed by atoms with E-state index in [1.54, 1.807) is 17.8 Å². The highest BCUT2D eigenvalue weighted by molar-refractivity contribution is 7.98. The van der Waals surface area contributed by atoms with Gasteiger partial charge in [0.25, 0.3) is 11.5 Å². The minimum absolute atomic E-state index is 0.145. The molecule has 1 N–H and O–H groups in total. The molecule has 0 bridgehead atoms. The van der Waals surface area contributed by atoms with Gasteiger partial charge >= 0.3 is 0 Å². The van der Waals surface area contributed by atoms with E-state index in [1.807, 2.05) is 30.5 Å². The molecule has 2 aromatic rings. The van der Waals surface area contributed by atoms with Crippen molar-refractivity contribution < 1.29 is 4.79 Å². The SMILES string of the molecule is CNC(=O)c1cc(-c2ccc(SC)cc2)nn(CC2CC2)c1=O. The quantitative estimate of drug-likeness (QED) is 0.856. The van der Waals surface area contributed by atoms with Gasteiger partial charge < -0.3 is 5.32 Å². The molecular weight excluding hydrogens is 310 g/mol. The first-order valence-corrected chi connectivity index (χ1v) is 8.83. The highest BCUT2D eigenvalue weighted by Gasteiger charge is 2.24. The molecule has 1 saturated carbocycles. The van der Waals surface area contributed by atoms with Gasteiger partial charge in [0.1, 0.15) is 5.56 Å². The van der Waals surface area contributed by atoms with Crippen LogP contribution < -0.4 is 10.9 Å². The summed E-state index contributed by atoms with van der Waals surface area (Å²) in [5, 5.41) is 7.00. The minimum Gasteiger partial charge on any atom is -0.355 e. The number of rotatable bonds is 5. The standard InChI is InChI=1S/C17H19N3O2S/c1-18-16(21)14-9-15(12-5-7-13(23-2)8-6-12)19-20(17(14)22)10-11-3-4-11/h5-9,11H,3-4,10H2,1-2H3,(H,18,21). The van der Waals surface area contributed by atoms with Crippen LogP contribution in [0.5, 0.6) is 0 Å². The Morgan fingerprint density at radius 1 is 1.35 bits per heavy atom. The summed E-state index contributed by atoms with van der Waals surface area (Å²) in [4.78, 5) is 25.6. The van der Waals surface area contributed by atoms with Gasteiger partial charge in [0, 0.05) is 24.1 Å². The maximum absolute atomic E-state index is 12.5. The van der Waals surface area contributed by atoms with E-state index in [4.69, 9.17) is 0 Å². The fourth-order valence-corrected chi connectivity index (χ4v) is 2.82. The van der Waals surface area contributed by atoms with Gasteiger partial charge in [0.05, 0.1) is 5.69 Å². The monoisotopic (exact) mass is 329 g/mol. The summed E-state index contributed by atoms with van der Waals surface area (Å²) in [7, 11) is 1.53. The van der Waals surface area contributed by atoms with Crippen LogP contribution in [0.15, 0.2) is 40.0 Å². The average molecular weight is 329 g/mol. The Hall–Kier alpha value is -2.08. The third-order valence-electron chi connectivity index (χ3n) is 3.96. The van der Waals surface area contributed by atoms with Crippen molar-refractivity contribution in [2.45, 2.75) is 24.3 Å². The van der Waals surface area contributed by atoms with Crippen LogP contribution in [0.25, 0.3) is 11.3 Å². The molecule has 23 heavy (non-hydrogen) atoms. The molecule has 0 aliphatic heterocycles. The normalized spacial score (nSPS) is 13.8. The summed E-state index contributed by atoms with van der Waals surface area (Å²) < 4.78 is 1.44. The van der Waals surface area contributed by atoms with Crippen molar-refractivity contribution in [2.24, 2.45) is 5.92 Å². The second kappa shape index (κ2) is 6.58. The predicted octanol–water partition coefficient (Wildman–Crippen LogP) is 2.40. The number of amides is 1. The lowest BCUT2D eigenvalue weighted by Gasteiger charge is -2.10. The first kappa shape index (κ1) is 15.8. The smallest absolute Gasteiger partial charge is 0.279 e. The van der Waals surface area contributed by atoms with E-state index in [2.05, 4.69) is 10.4 Å².